The number of nitrogens with one attached hydrogen (secondary N) is 1. The summed E-state index contributed by atoms with van der Waals surface area (Å²) in [4.78, 5) is 13.6. The van der Waals surface area contributed by atoms with Crippen LogP contribution in [-0.2, 0) is 0 Å². The van der Waals surface area contributed by atoms with Crippen molar-refractivity contribution in [1.82, 2.24) is 24.5 Å². The summed E-state index contributed by atoms with van der Waals surface area (Å²) in [6, 6.07) is 13.3. The maximum atomic E-state index is 9.40. The first-order valence-electron chi connectivity index (χ1n) is 11.9. The van der Waals surface area contributed by atoms with Crippen LogP contribution < -0.4 is 20.7 Å². The first-order chi connectivity index (χ1) is 17.6. The highest BCUT2D eigenvalue weighted by Crippen LogP contribution is 2.22. The third kappa shape index (κ3) is 5.51. The van der Waals surface area contributed by atoms with Gasteiger partial charge in [-0.1, -0.05) is 0 Å². The van der Waals surface area contributed by atoms with E-state index in [2.05, 4.69) is 30.2 Å². The number of hydrogen-bond donors (Lipinski definition) is 4. The monoisotopic (exact) mass is 494 g/mol. The van der Waals surface area contributed by atoms with Gasteiger partial charge in [0.2, 0.25) is 11.9 Å². The molecule has 5 rings (SSSR count). The van der Waals surface area contributed by atoms with E-state index in [4.69, 9.17) is 20.0 Å². The molecular weight excluding hydrogens is 464 g/mol. The van der Waals surface area contributed by atoms with Crippen LogP contribution in [0.3, 0.4) is 0 Å². The van der Waals surface area contributed by atoms with Crippen molar-refractivity contribution in [3.8, 4) is 17.2 Å². The summed E-state index contributed by atoms with van der Waals surface area (Å²) in [5.41, 5.74) is 8.48. The predicted octanol–water partition coefficient (Wildman–Crippen LogP) is 0.933. The van der Waals surface area contributed by atoms with Crippen LogP contribution in [-0.4, -0.2) is 93.3 Å². The number of nitrogens with zero attached hydrogens (tertiary/aromatic N) is 6. The molecule has 36 heavy (non-hydrogen) atoms. The summed E-state index contributed by atoms with van der Waals surface area (Å²) in [7, 11) is 0. The van der Waals surface area contributed by atoms with Gasteiger partial charge in [-0.25, -0.2) is 0 Å². The lowest BCUT2D eigenvalue weighted by molar-refractivity contribution is 0.0536. The molecule has 3 aromatic heterocycles. The minimum atomic E-state index is -0.870. The maximum absolute atomic E-state index is 9.40. The lowest BCUT2D eigenvalue weighted by Gasteiger charge is -2.36. The summed E-state index contributed by atoms with van der Waals surface area (Å²) in [5.74, 6) is 2.05. The largest absolute Gasteiger partial charge is 0.491 e. The second kappa shape index (κ2) is 10.8. The smallest absolute Gasteiger partial charge is 0.228 e. The Kier molecular flexibility index (Phi) is 7.16. The molecule has 1 aliphatic rings. The van der Waals surface area contributed by atoms with Gasteiger partial charge in [0.05, 0.1) is 12.9 Å². The molecule has 5 N–H and O–H groups in total. The van der Waals surface area contributed by atoms with Crippen LogP contribution in [0.4, 0.5) is 17.6 Å². The van der Waals surface area contributed by atoms with Gasteiger partial charge in [0, 0.05) is 51.0 Å². The Balaban J connectivity index is 1.09. The SMILES string of the molecule is Nc1nc(NCCN2CCN(c3ccc(OCC(O)CO)cc3)CC2)nc2cc(-c3ccco3)nn12. The molecule has 1 saturated heterocycles. The number of nitrogens with two attached hydrogens (primary N) is 1. The van der Waals surface area contributed by atoms with Gasteiger partial charge < -0.3 is 35.3 Å². The third-order valence-electron chi connectivity index (χ3n) is 6.06. The molecule has 4 aromatic rings. The number of anilines is 3. The van der Waals surface area contributed by atoms with Gasteiger partial charge >= 0.3 is 0 Å². The Hall–Kier alpha value is -3.87. The Morgan fingerprint density at radius 1 is 1.11 bits per heavy atom. The zero-order valence-corrected chi connectivity index (χ0v) is 19.8. The van der Waals surface area contributed by atoms with Crippen LogP contribution in [0, 0.1) is 0 Å². The first-order valence-corrected chi connectivity index (χ1v) is 11.9. The van der Waals surface area contributed by atoms with E-state index in [0.29, 0.717) is 35.3 Å². The van der Waals surface area contributed by atoms with Crippen LogP contribution in [0.25, 0.3) is 17.1 Å². The molecule has 1 aliphatic heterocycles. The topological polar surface area (TPSA) is 150 Å². The van der Waals surface area contributed by atoms with Crippen LogP contribution in [0.2, 0.25) is 0 Å². The van der Waals surface area contributed by atoms with Crippen molar-refractivity contribution in [2.24, 2.45) is 0 Å². The van der Waals surface area contributed by atoms with Gasteiger partial charge in [0.25, 0.3) is 0 Å². The van der Waals surface area contributed by atoms with Gasteiger partial charge in [-0.2, -0.15) is 19.6 Å². The van der Waals surface area contributed by atoms with Crippen LogP contribution in [0.1, 0.15) is 0 Å². The van der Waals surface area contributed by atoms with E-state index in [0.717, 1.165) is 38.4 Å². The van der Waals surface area contributed by atoms with Crippen molar-refractivity contribution < 1.29 is 19.4 Å². The van der Waals surface area contributed by atoms with E-state index in [1.54, 1.807) is 12.3 Å². The summed E-state index contributed by atoms with van der Waals surface area (Å²) < 4.78 is 12.4. The molecule has 0 amide bonds. The number of furan rings is 1. The highest BCUT2D eigenvalue weighted by molar-refractivity contribution is 5.61. The lowest BCUT2D eigenvalue weighted by atomic mass is 10.2. The van der Waals surface area contributed by atoms with Gasteiger partial charge in [0.15, 0.2) is 11.4 Å². The molecule has 0 radical (unpaired) electrons. The van der Waals surface area contributed by atoms with Crippen molar-refractivity contribution >= 4 is 23.2 Å². The average molecular weight is 495 g/mol. The number of aliphatic hydroxyl groups is 2. The van der Waals surface area contributed by atoms with Gasteiger partial charge in [-0.3, -0.25) is 4.90 Å². The molecule has 0 spiro atoms. The van der Waals surface area contributed by atoms with E-state index < -0.39 is 6.10 Å². The predicted molar refractivity (Wildman–Crippen MR) is 135 cm³/mol. The molecule has 12 nitrogen and oxygen atoms in total. The van der Waals surface area contributed by atoms with E-state index in [1.807, 2.05) is 36.4 Å². The molecule has 0 bridgehead atoms. The minimum Gasteiger partial charge on any atom is -0.491 e. The fourth-order valence-electron chi connectivity index (χ4n) is 4.09. The number of aliphatic hydroxyl groups excluding tert-OH is 2. The number of benzene rings is 1. The molecule has 12 heteroatoms. The van der Waals surface area contributed by atoms with Gasteiger partial charge in [-0.05, 0) is 36.4 Å². The van der Waals surface area contributed by atoms with Gasteiger partial charge in [-0.15, -0.1) is 0 Å². The normalized spacial score (nSPS) is 15.3. The van der Waals surface area contributed by atoms with Crippen molar-refractivity contribution in [3.63, 3.8) is 0 Å². The van der Waals surface area contributed by atoms with Crippen molar-refractivity contribution in [2.45, 2.75) is 6.10 Å². The molecule has 0 aliphatic carbocycles. The molecule has 4 heterocycles. The summed E-state index contributed by atoms with van der Waals surface area (Å²) in [6.45, 7) is 5.04. The molecule has 190 valence electrons. The van der Waals surface area contributed by atoms with Crippen molar-refractivity contribution in [3.05, 3.63) is 48.7 Å². The molecule has 1 aromatic carbocycles. The van der Waals surface area contributed by atoms with E-state index in [-0.39, 0.29) is 19.2 Å². The molecule has 1 unspecified atom stereocenters. The number of hydrogen-bond acceptors (Lipinski definition) is 11. The summed E-state index contributed by atoms with van der Waals surface area (Å²) >= 11 is 0. The standard InChI is InChI=1S/C24H30N8O4/c25-23-28-24(27-22-14-20(29-32(22)23)21-2-1-13-35-21)26-7-8-30-9-11-31(12-10-30)17-3-5-19(6-4-17)36-16-18(34)15-33/h1-6,13-14,18,33-34H,7-12,15-16H2,(H3,25,26,27,28). The fraction of sp³-hybridized carbons (Fsp3) is 0.375. The number of nitrogen functional groups attached to an aromatic ring is 1. The number of piperazine rings is 1. The third-order valence-corrected chi connectivity index (χ3v) is 6.06. The van der Waals surface area contributed by atoms with E-state index in [1.165, 1.54) is 4.52 Å². The summed E-state index contributed by atoms with van der Waals surface area (Å²) in [6.07, 6.45) is 0.728. The molecule has 1 atom stereocenters. The van der Waals surface area contributed by atoms with Crippen molar-refractivity contribution in [2.75, 3.05) is 68.4 Å². The van der Waals surface area contributed by atoms with Crippen molar-refractivity contribution in [1.29, 1.82) is 0 Å². The zero-order valence-electron chi connectivity index (χ0n) is 19.8. The lowest BCUT2D eigenvalue weighted by Crippen LogP contribution is -2.47. The minimum absolute atomic E-state index is 0.0719. The quantitative estimate of drug-likeness (QED) is 0.249. The number of rotatable bonds is 10. The Labute approximate surface area is 207 Å². The Morgan fingerprint density at radius 3 is 2.64 bits per heavy atom. The molecule has 1 fully saturated rings. The second-order valence-electron chi connectivity index (χ2n) is 8.58. The van der Waals surface area contributed by atoms with Crippen LogP contribution >= 0.6 is 0 Å². The molecular formula is C24H30N8O4. The Morgan fingerprint density at radius 2 is 1.92 bits per heavy atom. The maximum Gasteiger partial charge on any atom is 0.228 e. The molecule has 0 saturated carbocycles. The Bertz CT molecular complexity index is 1250. The average Bonchev–Trinajstić information content (AvgIpc) is 3.59. The number of ether oxygens (including phenoxy) is 1. The summed E-state index contributed by atoms with van der Waals surface area (Å²) in [5, 5.41) is 26.0. The second-order valence-corrected chi connectivity index (χ2v) is 8.58. The highest BCUT2D eigenvalue weighted by atomic mass is 16.5. The number of aromatic nitrogens is 4. The van der Waals surface area contributed by atoms with Gasteiger partial charge in [0.1, 0.15) is 24.2 Å². The first kappa shape index (κ1) is 23.9. The highest BCUT2D eigenvalue weighted by Gasteiger charge is 2.18. The number of fused-ring (bicyclic) bond motifs is 1. The van der Waals surface area contributed by atoms with Crippen LogP contribution in [0.15, 0.2) is 53.1 Å². The fourth-order valence-corrected chi connectivity index (χ4v) is 4.09. The van der Waals surface area contributed by atoms with E-state index >= 15 is 0 Å². The van der Waals surface area contributed by atoms with Crippen LogP contribution in [0.5, 0.6) is 5.75 Å². The zero-order chi connectivity index (χ0) is 24.9. The van der Waals surface area contributed by atoms with E-state index in [9.17, 15) is 5.11 Å².